The lowest BCUT2D eigenvalue weighted by Gasteiger charge is -2.13. The summed E-state index contributed by atoms with van der Waals surface area (Å²) in [4.78, 5) is 18.2. The molecule has 6 nitrogen and oxygen atoms in total. The highest BCUT2D eigenvalue weighted by Crippen LogP contribution is 2.14. The van der Waals surface area contributed by atoms with E-state index in [-0.39, 0.29) is 29.9 Å². The zero-order chi connectivity index (χ0) is 20.2. The van der Waals surface area contributed by atoms with Crippen molar-refractivity contribution in [2.75, 3.05) is 33.3 Å². The molecular weight excluding hydrogens is 499 g/mol. The van der Waals surface area contributed by atoms with Crippen LogP contribution < -0.4 is 20.7 Å². The predicted octanol–water partition coefficient (Wildman–Crippen LogP) is 3.54. The SMILES string of the molecule is CCNC(=NCC(C)Cc1cccs1)NCCNC(=O)c1ccc(OC)cc1.I. The van der Waals surface area contributed by atoms with Gasteiger partial charge in [0.25, 0.3) is 5.91 Å². The first kappa shape index (κ1) is 25.2. The molecule has 0 aliphatic heterocycles. The van der Waals surface area contributed by atoms with Gasteiger partial charge in [-0.2, -0.15) is 0 Å². The molecule has 3 N–H and O–H groups in total. The molecule has 0 aliphatic rings. The van der Waals surface area contributed by atoms with Gasteiger partial charge in [-0.15, -0.1) is 35.3 Å². The summed E-state index contributed by atoms with van der Waals surface area (Å²) in [5.74, 6) is 1.89. The number of methoxy groups -OCH3 is 1. The van der Waals surface area contributed by atoms with Crippen molar-refractivity contribution in [3.05, 3.63) is 52.2 Å². The van der Waals surface area contributed by atoms with E-state index < -0.39 is 0 Å². The van der Waals surface area contributed by atoms with Crippen LogP contribution in [-0.4, -0.2) is 45.2 Å². The van der Waals surface area contributed by atoms with Gasteiger partial charge < -0.3 is 20.7 Å². The molecule has 1 unspecified atom stereocenters. The molecule has 0 aliphatic carbocycles. The molecule has 8 heteroatoms. The minimum absolute atomic E-state index is 0. The van der Waals surface area contributed by atoms with Gasteiger partial charge in [-0.05, 0) is 55.0 Å². The first-order valence-electron chi connectivity index (χ1n) is 9.59. The number of carbonyl (C=O) groups excluding carboxylic acids is 1. The second kappa shape index (κ2) is 14.2. The normalized spacial score (nSPS) is 11.9. The quantitative estimate of drug-likeness (QED) is 0.190. The summed E-state index contributed by atoms with van der Waals surface area (Å²) in [6, 6.07) is 11.3. The number of guanidine groups is 1. The molecule has 2 rings (SSSR count). The molecule has 0 saturated carbocycles. The van der Waals surface area contributed by atoms with Crippen LogP contribution >= 0.6 is 35.3 Å². The molecule has 0 radical (unpaired) electrons. The lowest BCUT2D eigenvalue weighted by molar-refractivity contribution is 0.0954. The first-order valence-corrected chi connectivity index (χ1v) is 10.5. The molecule has 2 aromatic rings. The predicted molar refractivity (Wildman–Crippen MR) is 132 cm³/mol. The zero-order valence-electron chi connectivity index (χ0n) is 17.2. The monoisotopic (exact) mass is 530 g/mol. The summed E-state index contributed by atoms with van der Waals surface area (Å²) >= 11 is 1.79. The third-order valence-electron chi connectivity index (χ3n) is 4.09. The number of aliphatic imine (C=N–C) groups is 1. The van der Waals surface area contributed by atoms with Gasteiger partial charge in [-0.25, -0.2) is 0 Å². The average molecular weight is 530 g/mol. The van der Waals surface area contributed by atoms with Gasteiger partial charge in [0.1, 0.15) is 5.75 Å². The summed E-state index contributed by atoms with van der Waals surface area (Å²) < 4.78 is 5.10. The van der Waals surface area contributed by atoms with E-state index in [1.54, 1.807) is 42.7 Å². The number of ether oxygens (including phenoxy) is 1. The number of hydrogen-bond acceptors (Lipinski definition) is 4. The number of thiophene rings is 1. The number of rotatable bonds is 10. The fourth-order valence-electron chi connectivity index (χ4n) is 2.63. The van der Waals surface area contributed by atoms with Crippen molar-refractivity contribution in [2.24, 2.45) is 10.9 Å². The van der Waals surface area contributed by atoms with Gasteiger partial charge in [-0.3, -0.25) is 9.79 Å². The second-order valence-corrected chi connectivity index (χ2v) is 7.55. The van der Waals surface area contributed by atoms with Gasteiger partial charge in [0, 0.05) is 36.6 Å². The molecule has 160 valence electrons. The van der Waals surface area contributed by atoms with Gasteiger partial charge in [-0.1, -0.05) is 13.0 Å². The maximum absolute atomic E-state index is 12.2. The van der Waals surface area contributed by atoms with Gasteiger partial charge in [0.2, 0.25) is 0 Å². The summed E-state index contributed by atoms with van der Waals surface area (Å²) in [6.45, 7) is 6.92. The number of carbonyl (C=O) groups is 1. The highest BCUT2D eigenvalue weighted by Gasteiger charge is 2.07. The minimum atomic E-state index is -0.101. The van der Waals surface area contributed by atoms with Crippen molar-refractivity contribution < 1.29 is 9.53 Å². The van der Waals surface area contributed by atoms with Crippen LogP contribution in [-0.2, 0) is 6.42 Å². The molecule has 1 amide bonds. The molecule has 1 aromatic heterocycles. The van der Waals surface area contributed by atoms with Crippen molar-refractivity contribution in [2.45, 2.75) is 20.3 Å². The summed E-state index contributed by atoms with van der Waals surface area (Å²) in [7, 11) is 1.60. The van der Waals surface area contributed by atoms with Crippen molar-refractivity contribution >= 4 is 47.2 Å². The van der Waals surface area contributed by atoms with Gasteiger partial charge >= 0.3 is 0 Å². The van der Waals surface area contributed by atoms with E-state index in [2.05, 4.69) is 45.4 Å². The molecule has 0 fully saturated rings. The largest absolute Gasteiger partial charge is 0.497 e. The van der Waals surface area contributed by atoms with Crippen LogP contribution in [0.15, 0.2) is 46.8 Å². The summed E-state index contributed by atoms with van der Waals surface area (Å²) in [5.41, 5.74) is 0.615. The van der Waals surface area contributed by atoms with Crippen molar-refractivity contribution in [1.82, 2.24) is 16.0 Å². The van der Waals surface area contributed by atoms with E-state index in [1.165, 1.54) is 4.88 Å². The number of nitrogens with one attached hydrogen (secondary N) is 3. The maximum Gasteiger partial charge on any atom is 0.251 e. The van der Waals surface area contributed by atoms with Crippen molar-refractivity contribution in [1.29, 1.82) is 0 Å². The first-order chi connectivity index (χ1) is 13.6. The molecule has 0 saturated heterocycles. The van der Waals surface area contributed by atoms with Crippen LogP contribution in [0.2, 0.25) is 0 Å². The average Bonchev–Trinajstić information content (AvgIpc) is 3.22. The molecule has 29 heavy (non-hydrogen) atoms. The zero-order valence-corrected chi connectivity index (χ0v) is 20.4. The Labute approximate surface area is 194 Å². The Kier molecular flexibility index (Phi) is 12.4. The topological polar surface area (TPSA) is 74.8 Å². The minimum Gasteiger partial charge on any atom is -0.497 e. The standard InChI is InChI=1S/C21H30N4O2S.HI/c1-4-22-21(25-15-16(2)14-19-6-5-13-28-19)24-12-11-23-20(26)17-7-9-18(27-3)10-8-17;/h5-10,13,16H,4,11-12,14-15H2,1-3H3,(H,23,26)(H2,22,24,25);1H. The van der Waals surface area contributed by atoms with Crippen LogP contribution in [0.3, 0.4) is 0 Å². The Bertz CT molecular complexity index is 736. The lowest BCUT2D eigenvalue weighted by Crippen LogP contribution is -2.41. The number of hydrogen-bond donors (Lipinski definition) is 3. The van der Waals surface area contributed by atoms with E-state index in [9.17, 15) is 4.79 Å². The maximum atomic E-state index is 12.2. The van der Waals surface area contributed by atoms with E-state index in [0.717, 1.165) is 31.2 Å². The fraction of sp³-hybridized carbons (Fsp3) is 0.429. The van der Waals surface area contributed by atoms with E-state index in [0.29, 0.717) is 24.6 Å². The van der Waals surface area contributed by atoms with Crippen molar-refractivity contribution in [3.63, 3.8) is 0 Å². The molecular formula is C21H31IN4O2S. The Morgan fingerprint density at radius 3 is 2.48 bits per heavy atom. The van der Waals surface area contributed by atoms with Crippen LogP contribution in [0.25, 0.3) is 0 Å². The van der Waals surface area contributed by atoms with Gasteiger partial charge in [0.15, 0.2) is 5.96 Å². The van der Waals surface area contributed by atoms with Crippen LogP contribution in [0.1, 0.15) is 29.1 Å². The number of halogens is 1. The van der Waals surface area contributed by atoms with E-state index in [4.69, 9.17) is 4.74 Å². The van der Waals surface area contributed by atoms with Crippen LogP contribution in [0.5, 0.6) is 5.75 Å². The van der Waals surface area contributed by atoms with Crippen LogP contribution in [0.4, 0.5) is 0 Å². The lowest BCUT2D eigenvalue weighted by atomic mass is 10.1. The third-order valence-corrected chi connectivity index (χ3v) is 4.99. The molecule has 0 spiro atoms. The third kappa shape index (κ3) is 9.49. The van der Waals surface area contributed by atoms with Crippen LogP contribution in [0, 0.1) is 5.92 Å². The molecule has 1 heterocycles. The smallest absolute Gasteiger partial charge is 0.251 e. The van der Waals surface area contributed by atoms with Gasteiger partial charge in [0.05, 0.1) is 7.11 Å². The molecule has 1 atom stereocenters. The summed E-state index contributed by atoms with van der Waals surface area (Å²) in [6.07, 6.45) is 1.04. The number of nitrogens with zero attached hydrogens (tertiary/aromatic N) is 1. The summed E-state index contributed by atoms with van der Waals surface area (Å²) in [5, 5.41) is 11.5. The Morgan fingerprint density at radius 2 is 1.86 bits per heavy atom. The Morgan fingerprint density at radius 1 is 1.14 bits per heavy atom. The van der Waals surface area contributed by atoms with E-state index in [1.807, 2.05) is 6.92 Å². The fourth-order valence-corrected chi connectivity index (χ4v) is 3.50. The highest BCUT2D eigenvalue weighted by atomic mass is 127. The highest BCUT2D eigenvalue weighted by molar-refractivity contribution is 14.0. The van der Waals surface area contributed by atoms with E-state index >= 15 is 0 Å². The molecule has 1 aromatic carbocycles. The number of amides is 1. The molecule has 0 bridgehead atoms. The number of benzene rings is 1. The Hall–Kier alpha value is -1.81. The second-order valence-electron chi connectivity index (χ2n) is 6.52. The Balaban J connectivity index is 0.00000420. The van der Waals surface area contributed by atoms with Crippen molar-refractivity contribution in [3.8, 4) is 5.75 Å².